The summed E-state index contributed by atoms with van der Waals surface area (Å²) in [5.41, 5.74) is 2.43. The average molecular weight is 438 g/mol. The second kappa shape index (κ2) is 9.14. The number of nitrogens with one attached hydrogen (secondary N) is 1. The van der Waals surface area contributed by atoms with E-state index in [2.05, 4.69) is 5.32 Å². The Morgan fingerprint density at radius 1 is 1.10 bits per heavy atom. The summed E-state index contributed by atoms with van der Waals surface area (Å²) in [6.45, 7) is 0.930. The number of rotatable bonds is 7. The van der Waals surface area contributed by atoms with Crippen molar-refractivity contribution in [3.63, 3.8) is 0 Å². The number of thioether (sulfide) groups is 1. The molecule has 1 aliphatic carbocycles. The summed E-state index contributed by atoms with van der Waals surface area (Å²) < 4.78 is 0. The lowest BCUT2D eigenvalue weighted by molar-refractivity contribution is -0.137. The molecule has 1 saturated carbocycles. The van der Waals surface area contributed by atoms with E-state index < -0.39 is 0 Å². The van der Waals surface area contributed by atoms with E-state index in [0.29, 0.717) is 18.7 Å². The van der Waals surface area contributed by atoms with E-state index in [0.717, 1.165) is 29.0 Å². The van der Waals surface area contributed by atoms with Gasteiger partial charge in [0.2, 0.25) is 11.8 Å². The van der Waals surface area contributed by atoms with Crippen LogP contribution in [0.4, 0.5) is 5.69 Å². The number of hydrogen-bond donors (Lipinski definition) is 1. The summed E-state index contributed by atoms with van der Waals surface area (Å²) in [6.07, 6.45) is 4.27. The minimum Gasteiger partial charge on any atom is -0.355 e. The summed E-state index contributed by atoms with van der Waals surface area (Å²) in [6, 6.07) is 15.5. The van der Waals surface area contributed by atoms with Crippen molar-refractivity contribution in [3.8, 4) is 0 Å². The molecule has 0 spiro atoms. The third-order valence-electron chi connectivity index (χ3n) is 5.93. The highest BCUT2D eigenvalue weighted by molar-refractivity contribution is 7.98. The molecule has 162 valence electrons. The molecule has 0 bridgehead atoms. The van der Waals surface area contributed by atoms with Crippen molar-refractivity contribution >= 4 is 35.2 Å². The van der Waals surface area contributed by atoms with Gasteiger partial charge in [-0.3, -0.25) is 14.4 Å². The Bertz CT molecular complexity index is 971. The molecule has 31 heavy (non-hydrogen) atoms. The van der Waals surface area contributed by atoms with E-state index in [1.54, 1.807) is 35.8 Å². The first-order valence-electron chi connectivity index (χ1n) is 10.6. The Kier molecular flexibility index (Phi) is 6.32. The summed E-state index contributed by atoms with van der Waals surface area (Å²) in [4.78, 5) is 42.6. The highest BCUT2D eigenvalue weighted by Crippen LogP contribution is 2.33. The van der Waals surface area contributed by atoms with E-state index in [1.807, 2.05) is 47.6 Å². The van der Waals surface area contributed by atoms with Gasteiger partial charge in [0.05, 0.1) is 5.92 Å². The Labute approximate surface area is 187 Å². The maximum absolute atomic E-state index is 13.4. The first-order chi connectivity index (χ1) is 15.0. The molecule has 3 amide bonds. The number of carbonyl (C=O) groups excluding carboxylic acids is 3. The van der Waals surface area contributed by atoms with Crippen LogP contribution in [-0.2, 0) is 16.1 Å². The van der Waals surface area contributed by atoms with Crippen LogP contribution in [0.2, 0.25) is 0 Å². The van der Waals surface area contributed by atoms with Gasteiger partial charge in [0, 0.05) is 48.7 Å². The largest absolute Gasteiger partial charge is 0.355 e. The molecular weight excluding hydrogens is 410 g/mol. The van der Waals surface area contributed by atoms with Gasteiger partial charge in [-0.25, -0.2) is 0 Å². The van der Waals surface area contributed by atoms with Gasteiger partial charge in [-0.2, -0.15) is 0 Å². The smallest absolute Gasteiger partial charge is 0.251 e. The summed E-state index contributed by atoms with van der Waals surface area (Å²) in [7, 11) is 1.60. The molecule has 0 radical (unpaired) electrons. The Hall–Kier alpha value is -2.80. The molecule has 1 heterocycles. The molecule has 4 rings (SSSR count). The molecule has 2 aliphatic rings. The second-order valence-corrected chi connectivity index (χ2v) is 8.96. The molecule has 2 aromatic rings. The van der Waals surface area contributed by atoms with Gasteiger partial charge in [0.25, 0.3) is 5.91 Å². The molecule has 1 aliphatic heterocycles. The second-order valence-electron chi connectivity index (χ2n) is 8.08. The highest BCUT2D eigenvalue weighted by Gasteiger charge is 2.41. The van der Waals surface area contributed by atoms with Crippen LogP contribution in [0.1, 0.15) is 35.2 Å². The van der Waals surface area contributed by atoms with Gasteiger partial charge in [0.1, 0.15) is 0 Å². The van der Waals surface area contributed by atoms with Crippen molar-refractivity contribution in [2.24, 2.45) is 5.92 Å². The fraction of sp³-hybridized carbons (Fsp3) is 0.375. The molecule has 2 fully saturated rings. The number of carbonyl (C=O) groups is 3. The van der Waals surface area contributed by atoms with Crippen LogP contribution in [0.15, 0.2) is 53.4 Å². The SMILES string of the molecule is CNC(=O)c1ccc(CN(C(=O)[C@@H]2CC(=O)N(c3ccc(SC)cc3)C2)C2CC2)cc1. The summed E-state index contributed by atoms with van der Waals surface area (Å²) in [5.74, 6) is -0.398. The standard InChI is InChI=1S/C24H27N3O3S/c1-25-23(29)17-5-3-16(4-6-17)14-27(20-7-8-20)24(30)18-13-22(28)26(15-18)19-9-11-21(31-2)12-10-19/h3-6,9-12,18,20H,7-8,13-15H2,1-2H3,(H,25,29)/t18-/m1/s1. The molecule has 2 aromatic carbocycles. The average Bonchev–Trinajstić information content (AvgIpc) is 3.58. The van der Waals surface area contributed by atoms with E-state index >= 15 is 0 Å². The maximum atomic E-state index is 13.4. The van der Waals surface area contributed by atoms with Crippen LogP contribution in [0.5, 0.6) is 0 Å². The van der Waals surface area contributed by atoms with Gasteiger partial charge >= 0.3 is 0 Å². The number of anilines is 1. The fourth-order valence-electron chi connectivity index (χ4n) is 3.99. The lowest BCUT2D eigenvalue weighted by Crippen LogP contribution is -2.38. The van der Waals surface area contributed by atoms with Crippen LogP contribution in [-0.4, -0.2) is 48.5 Å². The molecule has 1 N–H and O–H groups in total. The van der Waals surface area contributed by atoms with Crippen LogP contribution in [0.3, 0.4) is 0 Å². The minimum absolute atomic E-state index is 0.000861. The Balaban J connectivity index is 1.45. The van der Waals surface area contributed by atoms with E-state index in [1.165, 1.54) is 0 Å². The van der Waals surface area contributed by atoms with Gasteiger partial charge < -0.3 is 15.1 Å². The van der Waals surface area contributed by atoms with E-state index in [-0.39, 0.29) is 36.1 Å². The van der Waals surface area contributed by atoms with Gasteiger partial charge in [-0.15, -0.1) is 11.8 Å². The number of benzene rings is 2. The van der Waals surface area contributed by atoms with E-state index in [4.69, 9.17) is 0 Å². The van der Waals surface area contributed by atoms with Crippen molar-refractivity contribution in [1.29, 1.82) is 0 Å². The third-order valence-corrected chi connectivity index (χ3v) is 6.67. The number of hydrogen-bond acceptors (Lipinski definition) is 4. The van der Waals surface area contributed by atoms with Crippen LogP contribution < -0.4 is 10.2 Å². The zero-order valence-electron chi connectivity index (χ0n) is 17.8. The first kappa shape index (κ1) is 21.4. The molecule has 0 aromatic heterocycles. The third kappa shape index (κ3) is 4.77. The maximum Gasteiger partial charge on any atom is 0.251 e. The zero-order chi connectivity index (χ0) is 22.0. The molecule has 1 saturated heterocycles. The monoisotopic (exact) mass is 437 g/mol. The minimum atomic E-state index is -0.321. The topological polar surface area (TPSA) is 69.7 Å². The molecule has 0 unspecified atom stereocenters. The van der Waals surface area contributed by atoms with Gasteiger partial charge in [0.15, 0.2) is 0 Å². The Morgan fingerprint density at radius 3 is 2.35 bits per heavy atom. The molecular formula is C24H27N3O3S. The van der Waals surface area contributed by atoms with Crippen LogP contribution in [0.25, 0.3) is 0 Å². The molecule has 6 nitrogen and oxygen atoms in total. The van der Waals surface area contributed by atoms with Crippen molar-refractivity contribution in [3.05, 3.63) is 59.7 Å². The summed E-state index contributed by atoms with van der Waals surface area (Å²) >= 11 is 1.66. The Morgan fingerprint density at radius 2 is 1.77 bits per heavy atom. The number of amides is 3. The highest BCUT2D eigenvalue weighted by atomic mass is 32.2. The van der Waals surface area contributed by atoms with E-state index in [9.17, 15) is 14.4 Å². The van der Waals surface area contributed by atoms with Crippen molar-refractivity contribution in [2.45, 2.75) is 36.7 Å². The molecule has 7 heteroatoms. The summed E-state index contributed by atoms with van der Waals surface area (Å²) in [5, 5.41) is 2.61. The predicted octanol–water partition coefficient (Wildman–Crippen LogP) is 3.31. The first-order valence-corrected chi connectivity index (χ1v) is 11.8. The van der Waals surface area contributed by atoms with Gasteiger partial charge in [-0.05, 0) is 61.1 Å². The van der Waals surface area contributed by atoms with Crippen molar-refractivity contribution in [1.82, 2.24) is 10.2 Å². The van der Waals surface area contributed by atoms with Crippen LogP contribution >= 0.6 is 11.8 Å². The van der Waals surface area contributed by atoms with Crippen molar-refractivity contribution in [2.75, 3.05) is 24.7 Å². The number of nitrogens with zero attached hydrogens (tertiary/aromatic N) is 2. The fourth-order valence-corrected chi connectivity index (χ4v) is 4.40. The van der Waals surface area contributed by atoms with Gasteiger partial charge in [-0.1, -0.05) is 12.1 Å². The predicted molar refractivity (Wildman–Crippen MR) is 122 cm³/mol. The lowest BCUT2D eigenvalue weighted by atomic mass is 10.1. The molecule has 1 atom stereocenters. The van der Waals surface area contributed by atoms with Crippen LogP contribution in [0, 0.1) is 5.92 Å². The quantitative estimate of drug-likeness (QED) is 0.675. The normalized spacial score (nSPS) is 18.2. The van der Waals surface area contributed by atoms with Crippen molar-refractivity contribution < 1.29 is 14.4 Å². The zero-order valence-corrected chi connectivity index (χ0v) is 18.7. The lowest BCUT2D eigenvalue weighted by Gasteiger charge is -2.26.